The van der Waals surface area contributed by atoms with Crippen LogP contribution in [0.4, 0.5) is 0 Å². The average Bonchev–Trinajstić information content (AvgIpc) is 2.91. The van der Waals surface area contributed by atoms with E-state index in [2.05, 4.69) is 24.4 Å². The SMILES string of the molecule is CC(NC1CC=CC1)c1ccc(S(=O)(=O)N(C)C)cc1. The Morgan fingerprint density at radius 1 is 1.15 bits per heavy atom. The summed E-state index contributed by atoms with van der Waals surface area (Å²) in [6, 6.07) is 7.84. The van der Waals surface area contributed by atoms with E-state index in [0.29, 0.717) is 10.9 Å². The molecule has 0 aromatic heterocycles. The molecular formula is C15H22N2O2S. The van der Waals surface area contributed by atoms with Crippen molar-refractivity contribution in [2.45, 2.75) is 36.7 Å². The zero-order valence-electron chi connectivity index (χ0n) is 12.2. The highest BCUT2D eigenvalue weighted by Crippen LogP contribution is 2.20. The molecule has 0 spiro atoms. The standard InChI is InChI=1S/C15H22N2O2S/c1-12(16-14-6-4-5-7-14)13-8-10-15(11-9-13)20(18,19)17(2)3/h4-5,8-12,14,16H,6-7H2,1-3H3. The van der Waals surface area contributed by atoms with Gasteiger partial charge in [0.25, 0.3) is 0 Å². The molecule has 4 nitrogen and oxygen atoms in total. The van der Waals surface area contributed by atoms with Gasteiger partial charge in [0, 0.05) is 26.2 Å². The maximum Gasteiger partial charge on any atom is 0.242 e. The average molecular weight is 294 g/mol. The van der Waals surface area contributed by atoms with Gasteiger partial charge in [-0.3, -0.25) is 0 Å². The lowest BCUT2D eigenvalue weighted by molar-refractivity contribution is 0.471. The highest BCUT2D eigenvalue weighted by Gasteiger charge is 2.18. The van der Waals surface area contributed by atoms with Crippen LogP contribution in [0.25, 0.3) is 0 Å². The van der Waals surface area contributed by atoms with Crippen molar-refractivity contribution in [1.29, 1.82) is 0 Å². The van der Waals surface area contributed by atoms with Gasteiger partial charge >= 0.3 is 0 Å². The molecule has 20 heavy (non-hydrogen) atoms. The summed E-state index contributed by atoms with van der Waals surface area (Å²) in [5.74, 6) is 0. The lowest BCUT2D eigenvalue weighted by atomic mass is 10.1. The minimum Gasteiger partial charge on any atom is -0.307 e. The van der Waals surface area contributed by atoms with Gasteiger partial charge in [-0.2, -0.15) is 0 Å². The van der Waals surface area contributed by atoms with Crippen molar-refractivity contribution in [3.63, 3.8) is 0 Å². The molecule has 1 aromatic carbocycles. The van der Waals surface area contributed by atoms with Crippen LogP contribution in [0, 0.1) is 0 Å². The van der Waals surface area contributed by atoms with Crippen LogP contribution >= 0.6 is 0 Å². The van der Waals surface area contributed by atoms with Gasteiger partial charge in [0.15, 0.2) is 0 Å². The van der Waals surface area contributed by atoms with Crippen LogP contribution in [0.15, 0.2) is 41.3 Å². The molecule has 0 amide bonds. The molecule has 2 rings (SSSR count). The van der Waals surface area contributed by atoms with Crippen LogP contribution in [0.2, 0.25) is 0 Å². The molecule has 0 saturated carbocycles. The highest BCUT2D eigenvalue weighted by molar-refractivity contribution is 7.89. The smallest absolute Gasteiger partial charge is 0.242 e. The Hall–Kier alpha value is -1.17. The van der Waals surface area contributed by atoms with Crippen LogP contribution in [-0.4, -0.2) is 32.9 Å². The monoisotopic (exact) mass is 294 g/mol. The minimum absolute atomic E-state index is 0.219. The highest BCUT2D eigenvalue weighted by atomic mass is 32.2. The lowest BCUT2D eigenvalue weighted by Crippen LogP contribution is -2.29. The second-order valence-corrected chi connectivity index (χ2v) is 7.54. The first kappa shape index (κ1) is 15.2. The van der Waals surface area contributed by atoms with Gasteiger partial charge in [0.1, 0.15) is 0 Å². The van der Waals surface area contributed by atoms with Crippen molar-refractivity contribution in [3.05, 3.63) is 42.0 Å². The number of sulfonamides is 1. The number of rotatable bonds is 5. The van der Waals surface area contributed by atoms with Crippen LogP contribution in [0.5, 0.6) is 0 Å². The summed E-state index contributed by atoms with van der Waals surface area (Å²) in [6.07, 6.45) is 6.52. The number of nitrogens with one attached hydrogen (secondary N) is 1. The Bertz CT molecular complexity index is 568. The summed E-state index contributed by atoms with van der Waals surface area (Å²) < 4.78 is 25.2. The Kier molecular flexibility index (Phi) is 4.62. The van der Waals surface area contributed by atoms with Gasteiger partial charge in [-0.1, -0.05) is 24.3 Å². The zero-order valence-corrected chi connectivity index (χ0v) is 13.0. The van der Waals surface area contributed by atoms with E-state index in [4.69, 9.17) is 0 Å². The van der Waals surface area contributed by atoms with Gasteiger partial charge < -0.3 is 5.32 Å². The zero-order chi connectivity index (χ0) is 14.8. The van der Waals surface area contributed by atoms with Crippen molar-refractivity contribution in [2.75, 3.05) is 14.1 Å². The fraction of sp³-hybridized carbons (Fsp3) is 0.467. The van der Waals surface area contributed by atoms with Gasteiger partial charge in [-0.15, -0.1) is 0 Å². The third kappa shape index (κ3) is 3.29. The summed E-state index contributed by atoms with van der Waals surface area (Å²) in [7, 11) is -0.254. The summed E-state index contributed by atoms with van der Waals surface area (Å²) in [5.41, 5.74) is 1.11. The molecule has 1 N–H and O–H groups in total. The Labute approximate surface area is 121 Å². The first-order valence-electron chi connectivity index (χ1n) is 6.85. The van der Waals surface area contributed by atoms with Crippen molar-refractivity contribution in [3.8, 4) is 0 Å². The Balaban J connectivity index is 2.08. The molecule has 1 atom stereocenters. The summed E-state index contributed by atoms with van der Waals surface area (Å²) in [6.45, 7) is 2.10. The first-order chi connectivity index (χ1) is 9.41. The van der Waals surface area contributed by atoms with E-state index in [1.165, 1.54) is 4.31 Å². The van der Waals surface area contributed by atoms with E-state index in [0.717, 1.165) is 18.4 Å². The third-order valence-corrected chi connectivity index (χ3v) is 5.48. The van der Waals surface area contributed by atoms with Crippen molar-refractivity contribution in [2.24, 2.45) is 0 Å². The van der Waals surface area contributed by atoms with Crippen molar-refractivity contribution >= 4 is 10.0 Å². The fourth-order valence-corrected chi connectivity index (χ4v) is 3.24. The van der Waals surface area contributed by atoms with Crippen molar-refractivity contribution < 1.29 is 8.42 Å². The quantitative estimate of drug-likeness (QED) is 0.848. The van der Waals surface area contributed by atoms with Gasteiger partial charge in [-0.05, 0) is 37.5 Å². The van der Waals surface area contributed by atoms with Gasteiger partial charge in [0.2, 0.25) is 10.0 Å². The molecule has 110 valence electrons. The molecule has 5 heteroatoms. The predicted molar refractivity (Wildman–Crippen MR) is 81.0 cm³/mol. The van der Waals surface area contributed by atoms with E-state index in [1.807, 2.05) is 12.1 Å². The lowest BCUT2D eigenvalue weighted by Gasteiger charge is -2.20. The summed E-state index contributed by atoms with van der Waals surface area (Å²) >= 11 is 0. The van der Waals surface area contributed by atoms with Crippen molar-refractivity contribution in [1.82, 2.24) is 9.62 Å². The first-order valence-corrected chi connectivity index (χ1v) is 8.29. The molecule has 1 unspecified atom stereocenters. The predicted octanol–water partition coefficient (Wildman–Crippen LogP) is 2.31. The van der Waals surface area contributed by atoms with Crippen LogP contribution in [-0.2, 0) is 10.0 Å². The molecule has 0 aliphatic heterocycles. The molecule has 1 aliphatic carbocycles. The number of hydrogen-bond acceptors (Lipinski definition) is 3. The third-order valence-electron chi connectivity index (χ3n) is 3.65. The molecule has 0 saturated heterocycles. The summed E-state index contributed by atoms with van der Waals surface area (Å²) in [5, 5.41) is 3.55. The molecule has 0 heterocycles. The normalized spacial score (nSPS) is 17.8. The minimum atomic E-state index is -3.34. The maximum atomic E-state index is 12.0. The number of hydrogen-bond donors (Lipinski definition) is 1. The number of nitrogens with zero attached hydrogens (tertiary/aromatic N) is 1. The molecule has 0 radical (unpaired) electrons. The molecular weight excluding hydrogens is 272 g/mol. The molecule has 0 fully saturated rings. The van der Waals surface area contributed by atoms with E-state index in [-0.39, 0.29) is 6.04 Å². The second kappa shape index (κ2) is 6.08. The van der Waals surface area contributed by atoms with Crippen LogP contribution < -0.4 is 5.32 Å². The molecule has 1 aromatic rings. The number of benzene rings is 1. The van der Waals surface area contributed by atoms with E-state index in [9.17, 15) is 8.42 Å². The van der Waals surface area contributed by atoms with Gasteiger partial charge in [0.05, 0.1) is 4.90 Å². The van der Waals surface area contributed by atoms with E-state index >= 15 is 0 Å². The molecule has 0 bridgehead atoms. The topological polar surface area (TPSA) is 49.4 Å². The Morgan fingerprint density at radius 3 is 2.20 bits per heavy atom. The molecule has 1 aliphatic rings. The van der Waals surface area contributed by atoms with Gasteiger partial charge in [-0.25, -0.2) is 12.7 Å². The Morgan fingerprint density at radius 2 is 1.70 bits per heavy atom. The second-order valence-electron chi connectivity index (χ2n) is 5.38. The summed E-state index contributed by atoms with van der Waals surface area (Å²) in [4.78, 5) is 0.334. The maximum absolute atomic E-state index is 12.0. The van der Waals surface area contributed by atoms with E-state index in [1.54, 1.807) is 26.2 Å². The van der Waals surface area contributed by atoms with Crippen LogP contribution in [0.1, 0.15) is 31.4 Å². The van der Waals surface area contributed by atoms with Crippen LogP contribution in [0.3, 0.4) is 0 Å². The fourth-order valence-electron chi connectivity index (χ4n) is 2.34. The largest absolute Gasteiger partial charge is 0.307 e. The van der Waals surface area contributed by atoms with E-state index < -0.39 is 10.0 Å².